The van der Waals surface area contributed by atoms with Crippen LogP contribution in [0.4, 0.5) is 0 Å². The van der Waals surface area contributed by atoms with Crippen LogP contribution in [-0.4, -0.2) is 106 Å². The van der Waals surface area contributed by atoms with Crippen LogP contribution >= 0.6 is 24.0 Å². The Balaban J connectivity index is 0.00000289. The molecule has 1 aromatic heterocycles. The summed E-state index contributed by atoms with van der Waals surface area (Å²) in [4.78, 5) is 23.9. The van der Waals surface area contributed by atoms with Gasteiger partial charge in [0.1, 0.15) is 12.4 Å². The van der Waals surface area contributed by atoms with Gasteiger partial charge in [-0.2, -0.15) is 0 Å². The van der Waals surface area contributed by atoms with Crippen molar-refractivity contribution in [2.45, 2.75) is 45.3 Å². The predicted octanol–water partition coefficient (Wildman–Crippen LogP) is 0.606. The molecule has 1 amide bonds. The summed E-state index contributed by atoms with van der Waals surface area (Å²) in [7, 11) is 1.97. The fourth-order valence-corrected chi connectivity index (χ4v) is 4.39. The maximum absolute atomic E-state index is 12.5. The van der Waals surface area contributed by atoms with Crippen molar-refractivity contribution in [1.29, 1.82) is 0 Å². The number of carbonyl (C=O) groups excluding carboxylic acids is 1. The normalized spacial score (nSPS) is 22.3. The van der Waals surface area contributed by atoms with E-state index in [4.69, 9.17) is 9.73 Å². The molecule has 0 saturated carbocycles. The molecule has 1 unspecified atom stereocenters. The van der Waals surface area contributed by atoms with E-state index in [2.05, 4.69) is 25.3 Å². The van der Waals surface area contributed by atoms with E-state index in [1.54, 1.807) is 0 Å². The van der Waals surface area contributed by atoms with E-state index >= 15 is 0 Å². The van der Waals surface area contributed by atoms with Crippen molar-refractivity contribution in [2.75, 3.05) is 59.0 Å². The van der Waals surface area contributed by atoms with Gasteiger partial charge in [0.2, 0.25) is 5.91 Å². The molecule has 0 aliphatic carbocycles. The van der Waals surface area contributed by atoms with Crippen LogP contribution in [-0.2, 0) is 23.1 Å². The quantitative estimate of drug-likeness (QED) is 0.310. The van der Waals surface area contributed by atoms with E-state index in [9.17, 15) is 4.79 Å². The van der Waals surface area contributed by atoms with Crippen LogP contribution in [0.5, 0.6) is 0 Å². The molecule has 4 rings (SSSR count). The number of aryl methyl sites for hydroxylation is 1. The van der Waals surface area contributed by atoms with Crippen LogP contribution in [0.15, 0.2) is 4.99 Å². The second-order valence-electron chi connectivity index (χ2n) is 8.73. The van der Waals surface area contributed by atoms with Gasteiger partial charge >= 0.3 is 0 Å². The fraction of sp³-hybridized carbons (Fsp3) is 0.810. The van der Waals surface area contributed by atoms with Crippen molar-refractivity contribution in [1.82, 2.24) is 34.8 Å². The molecule has 3 aliphatic rings. The largest absolute Gasteiger partial charge is 0.376 e. The number of aromatic nitrogens is 3. The number of piperazine rings is 1. The third-order valence-corrected chi connectivity index (χ3v) is 6.55. The summed E-state index contributed by atoms with van der Waals surface area (Å²) in [5, 5.41) is 11.9. The van der Waals surface area contributed by atoms with Gasteiger partial charge in [0.05, 0.1) is 12.6 Å². The molecule has 0 bridgehead atoms. The van der Waals surface area contributed by atoms with Crippen molar-refractivity contribution in [3.8, 4) is 0 Å². The molecule has 3 fully saturated rings. The van der Waals surface area contributed by atoms with Gasteiger partial charge in [-0.1, -0.05) is 0 Å². The molecule has 11 heteroatoms. The molecular weight excluding hydrogens is 523 g/mol. The van der Waals surface area contributed by atoms with Gasteiger partial charge in [0, 0.05) is 59.5 Å². The maximum atomic E-state index is 12.5. The third kappa shape index (κ3) is 6.53. The Hall–Kier alpha value is -1.47. The van der Waals surface area contributed by atoms with Gasteiger partial charge in [-0.3, -0.25) is 9.69 Å². The molecule has 3 saturated heterocycles. The van der Waals surface area contributed by atoms with Crippen LogP contribution in [0.1, 0.15) is 37.3 Å². The van der Waals surface area contributed by atoms with Crippen LogP contribution in [0, 0.1) is 6.92 Å². The minimum absolute atomic E-state index is 0. The SMILES string of the molecule is Cc1nnc(CN=C(NCC2CCCO2)N2CCN(CC(=O)N3CCCC3)CC2)n1C.I. The molecule has 10 nitrogen and oxygen atoms in total. The predicted molar refractivity (Wildman–Crippen MR) is 133 cm³/mol. The highest BCUT2D eigenvalue weighted by molar-refractivity contribution is 14.0. The first-order valence-electron chi connectivity index (χ1n) is 11.6. The number of nitrogens with zero attached hydrogens (tertiary/aromatic N) is 7. The number of aliphatic imine (C=N–C) groups is 1. The fourth-order valence-electron chi connectivity index (χ4n) is 4.39. The first kappa shape index (κ1) is 25.2. The summed E-state index contributed by atoms with van der Waals surface area (Å²) in [5.41, 5.74) is 0. The third-order valence-electron chi connectivity index (χ3n) is 6.55. The summed E-state index contributed by atoms with van der Waals surface area (Å²) >= 11 is 0. The number of amides is 1. The van der Waals surface area contributed by atoms with Crippen LogP contribution in [0.3, 0.4) is 0 Å². The lowest BCUT2D eigenvalue weighted by Gasteiger charge is -2.37. The van der Waals surface area contributed by atoms with Crippen LogP contribution < -0.4 is 5.32 Å². The van der Waals surface area contributed by atoms with Crippen molar-refractivity contribution < 1.29 is 9.53 Å². The summed E-state index contributed by atoms with van der Waals surface area (Å²) in [6, 6.07) is 0. The summed E-state index contributed by atoms with van der Waals surface area (Å²) in [6.45, 7) is 9.84. The van der Waals surface area contributed by atoms with Crippen molar-refractivity contribution in [2.24, 2.45) is 12.0 Å². The molecular formula is C21H37IN8O2. The Bertz CT molecular complexity index is 766. The summed E-state index contributed by atoms with van der Waals surface area (Å²) in [6.07, 6.45) is 4.75. The number of hydrogen-bond acceptors (Lipinski definition) is 6. The maximum Gasteiger partial charge on any atom is 0.236 e. The van der Waals surface area contributed by atoms with Gasteiger partial charge in [0.15, 0.2) is 11.8 Å². The standard InChI is InChI=1S/C21H36N8O2.HI/c1-17-24-25-19(26(17)2)15-23-21(22-14-18-6-5-13-31-18)29-11-9-27(10-12-29)16-20(30)28-7-3-4-8-28;/h18H,3-16H2,1-2H3,(H,22,23);1H. The highest BCUT2D eigenvalue weighted by Crippen LogP contribution is 2.12. The molecule has 0 aromatic carbocycles. The Morgan fingerprint density at radius 2 is 1.84 bits per heavy atom. The highest BCUT2D eigenvalue weighted by Gasteiger charge is 2.25. The zero-order valence-electron chi connectivity index (χ0n) is 19.3. The van der Waals surface area contributed by atoms with E-state index in [1.165, 1.54) is 0 Å². The second kappa shape index (κ2) is 12.1. The average Bonchev–Trinajstić information content (AvgIpc) is 3.54. The summed E-state index contributed by atoms with van der Waals surface area (Å²) < 4.78 is 7.75. The number of guanidine groups is 1. The Labute approximate surface area is 207 Å². The monoisotopic (exact) mass is 560 g/mol. The number of likely N-dealkylation sites (tertiary alicyclic amines) is 1. The van der Waals surface area contributed by atoms with E-state index in [1.807, 2.05) is 23.4 Å². The number of halogens is 1. The zero-order valence-corrected chi connectivity index (χ0v) is 21.7. The van der Waals surface area contributed by atoms with Gasteiger partial charge in [-0.05, 0) is 32.6 Å². The number of carbonyl (C=O) groups is 1. The lowest BCUT2D eigenvalue weighted by atomic mass is 10.2. The Kier molecular flexibility index (Phi) is 9.53. The average molecular weight is 560 g/mol. The summed E-state index contributed by atoms with van der Waals surface area (Å²) in [5.74, 6) is 2.90. The van der Waals surface area contributed by atoms with E-state index < -0.39 is 0 Å². The smallest absolute Gasteiger partial charge is 0.236 e. The minimum atomic E-state index is 0. The highest BCUT2D eigenvalue weighted by atomic mass is 127. The molecule has 1 aromatic rings. The molecule has 0 radical (unpaired) electrons. The van der Waals surface area contributed by atoms with Gasteiger partial charge < -0.3 is 24.4 Å². The van der Waals surface area contributed by atoms with Crippen LogP contribution in [0.25, 0.3) is 0 Å². The number of hydrogen-bond donors (Lipinski definition) is 1. The second-order valence-corrected chi connectivity index (χ2v) is 8.73. The number of rotatable bonds is 6. The lowest BCUT2D eigenvalue weighted by Crippen LogP contribution is -2.54. The molecule has 0 spiro atoms. The molecule has 4 heterocycles. The molecule has 3 aliphatic heterocycles. The molecule has 32 heavy (non-hydrogen) atoms. The Morgan fingerprint density at radius 3 is 2.47 bits per heavy atom. The van der Waals surface area contributed by atoms with Crippen LogP contribution in [0.2, 0.25) is 0 Å². The van der Waals surface area contributed by atoms with Gasteiger partial charge in [-0.15, -0.1) is 34.2 Å². The Morgan fingerprint density at radius 1 is 1.09 bits per heavy atom. The van der Waals surface area contributed by atoms with Crippen molar-refractivity contribution in [3.63, 3.8) is 0 Å². The van der Waals surface area contributed by atoms with E-state index in [0.29, 0.717) is 13.1 Å². The lowest BCUT2D eigenvalue weighted by molar-refractivity contribution is -0.131. The molecule has 1 atom stereocenters. The number of nitrogens with one attached hydrogen (secondary N) is 1. The first-order chi connectivity index (χ1) is 15.1. The van der Waals surface area contributed by atoms with Crippen molar-refractivity contribution >= 4 is 35.8 Å². The van der Waals surface area contributed by atoms with Crippen molar-refractivity contribution in [3.05, 3.63) is 11.6 Å². The topological polar surface area (TPSA) is 91.1 Å². The molecule has 1 N–H and O–H groups in total. The minimum Gasteiger partial charge on any atom is -0.376 e. The van der Waals surface area contributed by atoms with Gasteiger partial charge in [-0.25, -0.2) is 4.99 Å². The van der Waals surface area contributed by atoms with E-state index in [-0.39, 0.29) is 36.0 Å². The zero-order chi connectivity index (χ0) is 21.6. The van der Waals surface area contributed by atoms with E-state index in [0.717, 1.165) is 95.7 Å². The van der Waals surface area contributed by atoms with Gasteiger partial charge in [0.25, 0.3) is 0 Å². The number of ether oxygens (including phenoxy) is 1. The molecule has 180 valence electrons. The first-order valence-corrected chi connectivity index (χ1v) is 11.6.